The molecule has 0 aliphatic carbocycles. The maximum atomic E-state index is 13.7. The summed E-state index contributed by atoms with van der Waals surface area (Å²) in [6.45, 7) is 2.23. The first-order valence-corrected chi connectivity index (χ1v) is 6.91. The fraction of sp³-hybridized carbons (Fsp3) is 0.154. The molecule has 0 bridgehead atoms. The number of pyridine rings is 1. The van der Waals surface area contributed by atoms with Crippen molar-refractivity contribution in [2.75, 3.05) is 11.9 Å². The van der Waals surface area contributed by atoms with Crippen molar-refractivity contribution >= 4 is 33.3 Å². The molecule has 0 fully saturated rings. The number of halogens is 4. The summed E-state index contributed by atoms with van der Waals surface area (Å²) in [7, 11) is 0. The van der Waals surface area contributed by atoms with E-state index in [2.05, 4.69) is 26.2 Å². The van der Waals surface area contributed by atoms with E-state index >= 15 is 0 Å². The van der Waals surface area contributed by atoms with Crippen LogP contribution in [0.2, 0.25) is 5.02 Å². The highest BCUT2D eigenvalue weighted by Crippen LogP contribution is 2.32. The standard InChI is InChI=1S/C13H10BrClF2N2O/c1-2-18-12-9(16)6-10(17)13(19-12)20-11-4-3-7(14)5-8(11)15/h3-6H,2H2,1H3,(H,18,19). The molecular formula is C13H10BrClF2N2O. The molecule has 1 aromatic carbocycles. The highest BCUT2D eigenvalue weighted by atomic mass is 79.9. The SMILES string of the molecule is CCNc1nc(Oc2ccc(Br)cc2Cl)c(F)cc1F. The van der Waals surface area contributed by atoms with Crippen LogP contribution in [0.4, 0.5) is 14.6 Å². The third kappa shape index (κ3) is 3.37. The van der Waals surface area contributed by atoms with E-state index in [9.17, 15) is 8.78 Å². The zero-order valence-corrected chi connectivity index (χ0v) is 12.7. The number of nitrogens with zero attached hydrogens (tertiary/aromatic N) is 1. The van der Waals surface area contributed by atoms with Gasteiger partial charge < -0.3 is 10.1 Å². The van der Waals surface area contributed by atoms with Gasteiger partial charge in [0.1, 0.15) is 5.75 Å². The zero-order chi connectivity index (χ0) is 14.7. The Balaban J connectivity index is 2.35. The van der Waals surface area contributed by atoms with Gasteiger partial charge in [0.05, 0.1) is 5.02 Å². The van der Waals surface area contributed by atoms with Crippen LogP contribution in [-0.2, 0) is 0 Å². The topological polar surface area (TPSA) is 34.2 Å². The number of hydrogen-bond donors (Lipinski definition) is 1. The van der Waals surface area contributed by atoms with Crippen molar-refractivity contribution in [2.45, 2.75) is 6.92 Å². The quantitative estimate of drug-likeness (QED) is 0.830. The predicted octanol–water partition coefficient (Wildman–Crippen LogP) is 5.00. The first-order chi connectivity index (χ1) is 9.51. The van der Waals surface area contributed by atoms with E-state index in [0.29, 0.717) is 12.6 Å². The number of aromatic nitrogens is 1. The van der Waals surface area contributed by atoms with Gasteiger partial charge in [0.2, 0.25) is 0 Å². The number of ether oxygens (including phenoxy) is 1. The molecule has 2 rings (SSSR count). The molecule has 0 aliphatic heterocycles. The third-order valence-corrected chi connectivity index (χ3v) is 3.13. The third-order valence-electron chi connectivity index (χ3n) is 2.34. The molecule has 2 aromatic rings. The lowest BCUT2D eigenvalue weighted by molar-refractivity contribution is 0.418. The molecular weight excluding hydrogens is 354 g/mol. The summed E-state index contributed by atoms with van der Waals surface area (Å²) in [6, 6.07) is 5.56. The van der Waals surface area contributed by atoms with Crippen LogP contribution in [-0.4, -0.2) is 11.5 Å². The first-order valence-electron chi connectivity index (χ1n) is 5.74. The summed E-state index contributed by atoms with van der Waals surface area (Å²) >= 11 is 9.22. The summed E-state index contributed by atoms with van der Waals surface area (Å²) < 4.78 is 33.1. The summed E-state index contributed by atoms with van der Waals surface area (Å²) in [6.07, 6.45) is 0. The van der Waals surface area contributed by atoms with Crippen molar-refractivity contribution in [3.63, 3.8) is 0 Å². The van der Waals surface area contributed by atoms with Crippen LogP contribution in [0, 0.1) is 11.6 Å². The largest absolute Gasteiger partial charge is 0.435 e. The molecule has 3 nitrogen and oxygen atoms in total. The average molecular weight is 364 g/mol. The molecule has 0 spiro atoms. The molecule has 1 aromatic heterocycles. The highest BCUT2D eigenvalue weighted by molar-refractivity contribution is 9.10. The van der Waals surface area contributed by atoms with Crippen LogP contribution < -0.4 is 10.1 Å². The first kappa shape index (κ1) is 15.0. The number of nitrogens with one attached hydrogen (secondary N) is 1. The summed E-state index contributed by atoms with van der Waals surface area (Å²) in [5.41, 5.74) is 0. The molecule has 0 saturated carbocycles. The lowest BCUT2D eigenvalue weighted by atomic mass is 10.3. The minimum absolute atomic E-state index is 0.0721. The van der Waals surface area contributed by atoms with Crippen molar-refractivity contribution in [1.82, 2.24) is 4.98 Å². The molecule has 1 N–H and O–H groups in total. The lowest BCUT2D eigenvalue weighted by Crippen LogP contribution is -2.04. The second kappa shape index (κ2) is 6.37. The van der Waals surface area contributed by atoms with Crippen molar-refractivity contribution < 1.29 is 13.5 Å². The molecule has 20 heavy (non-hydrogen) atoms. The molecule has 0 aliphatic rings. The van der Waals surface area contributed by atoms with Crippen LogP contribution in [0.15, 0.2) is 28.7 Å². The van der Waals surface area contributed by atoms with Crippen LogP contribution in [0.1, 0.15) is 6.92 Å². The second-order valence-electron chi connectivity index (χ2n) is 3.81. The van der Waals surface area contributed by atoms with Crippen molar-refractivity contribution in [3.8, 4) is 11.6 Å². The van der Waals surface area contributed by atoms with E-state index in [1.807, 2.05) is 0 Å². The van der Waals surface area contributed by atoms with Gasteiger partial charge in [-0.2, -0.15) is 4.98 Å². The normalized spacial score (nSPS) is 10.4. The fourth-order valence-corrected chi connectivity index (χ4v) is 2.19. The maximum absolute atomic E-state index is 13.7. The molecule has 0 amide bonds. The Morgan fingerprint density at radius 2 is 2.05 bits per heavy atom. The molecule has 0 atom stereocenters. The van der Waals surface area contributed by atoms with Gasteiger partial charge in [0.25, 0.3) is 5.88 Å². The van der Waals surface area contributed by atoms with E-state index < -0.39 is 11.6 Å². The highest BCUT2D eigenvalue weighted by Gasteiger charge is 2.14. The minimum atomic E-state index is -0.900. The van der Waals surface area contributed by atoms with Gasteiger partial charge in [-0.05, 0) is 25.1 Å². The second-order valence-corrected chi connectivity index (χ2v) is 5.14. The smallest absolute Gasteiger partial charge is 0.258 e. The monoisotopic (exact) mass is 362 g/mol. The van der Waals surface area contributed by atoms with Crippen molar-refractivity contribution in [3.05, 3.63) is 45.4 Å². The van der Waals surface area contributed by atoms with Gasteiger partial charge >= 0.3 is 0 Å². The Bertz CT molecular complexity index is 640. The Labute approximate surface area is 128 Å². The minimum Gasteiger partial charge on any atom is -0.435 e. The van der Waals surface area contributed by atoms with Gasteiger partial charge in [0, 0.05) is 17.1 Å². The van der Waals surface area contributed by atoms with E-state index in [1.54, 1.807) is 25.1 Å². The van der Waals surface area contributed by atoms with Crippen molar-refractivity contribution in [2.24, 2.45) is 0 Å². The molecule has 0 unspecified atom stereocenters. The van der Waals surface area contributed by atoms with Gasteiger partial charge in [-0.25, -0.2) is 8.78 Å². The number of hydrogen-bond acceptors (Lipinski definition) is 3. The van der Waals surface area contributed by atoms with Crippen LogP contribution >= 0.6 is 27.5 Å². The van der Waals surface area contributed by atoms with E-state index in [0.717, 1.165) is 4.47 Å². The maximum Gasteiger partial charge on any atom is 0.258 e. The van der Waals surface area contributed by atoms with Crippen LogP contribution in [0.25, 0.3) is 0 Å². The number of rotatable bonds is 4. The Kier molecular flexibility index (Phi) is 4.77. The molecule has 0 radical (unpaired) electrons. The molecule has 7 heteroatoms. The summed E-state index contributed by atoms with van der Waals surface area (Å²) in [5.74, 6) is -1.86. The Hall–Kier alpha value is -1.40. The molecule has 1 heterocycles. The van der Waals surface area contributed by atoms with E-state index in [4.69, 9.17) is 16.3 Å². The van der Waals surface area contributed by atoms with Crippen molar-refractivity contribution in [1.29, 1.82) is 0 Å². The molecule has 106 valence electrons. The van der Waals surface area contributed by atoms with Gasteiger partial charge in [-0.3, -0.25) is 0 Å². The van der Waals surface area contributed by atoms with Gasteiger partial charge in [-0.15, -0.1) is 0 Å². The molecule has 0 saturated heterocycles. The van der Waals surface area contributed by atoms with Gasteiger partial charge in [0.15, 0.2) is 17.5 Å². The number of anilines is 1. The predicted molar refractivity (Wildman–Crippen MR) is 77.5 cm³/mol. The fourth-order valence-electron chi connectivity index (χ4n) is 1.47. The Morgan fingerprint density at radius 3 is 2.70 bits per heavy atom. The van der Waals surface area contributed by atoms with Crippen LogP contribution in [0.5, 0.6) is 11.6 Å². The Morgan fingerprint density at radius 1 is 1.30 bits per heavy atom. The van der Waals surface area contributed by atoms with E-state index in [1.165, 1.54) is 0 Å². The zero-order valence-electron chi connectivity index (χ0n) is 10.4. The van der Waals surface area contributed by atoms with Crippen LogP contribution in [0.3, 0.4) is 0 Å². The summed E-state index contributed by atoms with van der Waals surface area (Å²) in [5, 5.41) is 2.97. The average Bonchev–Trinajstić information content (AvgIpc) is 2.38. The number of benzene rings is 1. The lowest BCUT2D eigenvalue weighted by Gasteiger charge is -2.10. The van der Waals surface area contributed by atoms with E-state index in [-0.39, 0.29) is 22.5 Å². The summed E-state index contributed by atoms with van der Waals surface area (Å²) in [4.78, 5) is 3.77. The van der Waals surface area contributed by atoms with Gasteiger partial charge in [-0.1, -0.05) is 27.5 Å².